The van der Waals surface area contributed by atoms with Gasteiger partial charge in [0, 0.05) is 47.7 Å². The van der Waals surface area contributed by atoms with Crippen molar-refractivity contribution in [2.24, 2.45) is 0 Å². The number of amides is 2. The van der Waals surface area contributed by atoms with Gasteiger partial charge in [0.05, 0.1) is 0 Å². The van der Waals surface area contributed by atoms with Gasteiger partial charge < -0.3 is 14.8 Å². The molecule has 0 fully saturated rings. The highest BCUT2D eigenvalue weighted by Crippen LogP contribution is 2.23. The summed E-state index contributed by atoms with van der Waals surface area (Å²) >= 11 is 0. The molecule has 0 aliphatic rings. The summed E-state index contributed by atoms with van der Waals surface area (Å²) in [5.41, 5.74) is 1.06. The van der Waals surface area contributed by atoms with Crippen LogP contribution in [0.15, 0.2) is 91.3 Å². The number of hydrogen-bond acceptors (Lipinski definition) is 6. The van der Waals surface area contributed by atoms with Gasteiger partial charge in [-0.1, -0.05) is 36.4 Å². The molecular formula is C31H31N3O5. The topological polar surface area (TPSA) is 97.8 Å². The maximum Gasteiger partial charge on any atom is 0.414 e. The van der Waals surface area contributed by atoms with Crippen LogP contribution in [0.2, 0.25) is 0 Å². The number of hydrogen-bond donors (Lipinski definition) is 1. The Bertz CT molecular complexity index is 1450. The molecule has 0 saturated heterocycles. The van der Waals surface area contributed by atoms with E-state index in [2.05, 4.69) is 10.3 Å². The van der Waals surface area contributed by atoms with Crippen LogP contribution in [0.5, 0.6) is 5.75 Å². The summed E-state index contributed by atoms with van der Waals surface area (Å²) in [6, 6.07) is 23.1. The van der Waals surface area contributed by atoms with Crippen molar-refractivity contribution < 1.29 is 23.9 Å². The van der Waals surface area contributed by atoms with Crippen LogP contribution in [0, 0.1) is 0 Å². The highest BCUT2D eigenvalue weighted by atomic mass is 16.6. The summed E-state index contributed by atoms with van der Waals surface area (Å²) in [5, 5.41) is 4.83. The quantitative estimate of drug-likeness (QED) is 0.259. The van der Waals surface area contributed by atoms with E-state index in [1.54, 1.807) is 81.7 Å². The van der Waals surface area contributed by atoms with Gasteiger partial charge in [-0.05, 0) is 68.6 Å². The van der Waals surface area contributed by atoms with Crippen molar-refractivity contribution in [1.82, 2.24) is 4.98 Å². The number of carbonyl (C=O) groups is 3. The molecule has 0 bridgehead atoms. The minimum Gasteiger partial charge on any atom is -0.485 e. The lowest BCUT2D eigenvalue weighted by molar-refractivity contribution is -0.116. The molecule has 1 heterocycles. The minimum atomic E-state index is -0.710. The number of ether oxygens (including phenoxy) is 2. The van der Waals surface area contributed by atoms with E-state index < -0.39 is 11.7 Å². The van der Waals surface area contributed by atoms with Gasteiger partial charge in [-0.2, -0.15) is 0 Å². The lowest BCUT2D eigenvalue weighted by atomic mass is 10.1. The molecule has 3 aromatic carbocycles. The average Bonchev–Trinajstić information content (AvgIpc) is 2.92. The lowest BCUT2D eigenvalue weighted by Gasteiger charge is -2.27. The summed E-state index contributed by atoms with van der Waals surface area (Å²) in [6.45, 7) is 5.35. The summed E-state index contributed by atoms with van der Waals surface area (Å²) in [5.74, 6) is 0.108. The first-order valence-corrected chi connectivity index (χ1v) is 12.6. The SMILES string of the molecule is CC(C)(C)OC(=O)N(CCC(=O)Nc1ccc2cnccc2c1)c1ccc(OCC(=O)c2ccccc2)cc1. The zero-order valence-electron chi connectivity index (χ0n) is 22.2. The fourth-order valence-corrected chi connectivity index (χ4v) is 3.82. The zero-order valence-corrected chi connectivity index (χ0v) is 22.2. The zero-order chi connectivity index (χ0) is 27.8. The minimum absolute atomic E-state index is 0.0530. The summed E-state index contributed by atoms with van der Waals surface area (Å²) < 4.78 is 11.2. The van der Waals surface area contributed by atoms with Crippen LogP contribution in [-0.4, -0.2) is 41.5 Å². The van der Waals surface area contributed by atoms with Crippen molar-refractivity contribution in [3.8, 4) is 5.75 Å². The molecule has 0 spiro atoms. The number of benzene rings is 3. The second kappa shape index (κ2) is 12.2. The van der Waals surface area contributed by atoms with Crippen molar-refractivity contribution in [1.29, 1.82) is 0 Å². The predicted octanol–water partition coefficient (Wildman–Crippen LogP) is 6.27. The first-order chi connectivity index (χ1) is 18.7. The third kappa shape index (κ3) is 7.88. The fraction of sp³-hybridized carbons (Fsp3) is 0.226. The molecule has 8 nitrogen and oxygen atoms in total. The van der Waals surface area contributed by atoms with Crippen LogP contribution in [0.4, 0.5) is 16.2 Å². The highest BCUT2D eigenvalue weighted by Gasteiger charge is 2.24. The van der Waals surface area contributed by atoms with Gasteiger partial charge in [0.25, 0.3) is 0 Å². The van der Waals surface area contributed by atoms with Crippen LogP contribution in [-0.2, 0) is 9.53 Å². The number of nitrogens with zero attached hydrogens (tertiary/aromatic N) is 2. The van der Waals surface area contributed by atoms with Crippen molar-refractivity contribution in [3.05, 3.63) is 96.8 Å². The molecule has 4 rings (SSSR count). The third-order valence-electron chi connectivity index (χ3n) is 5.71. The molecule has 0 radical (unpaired) electrons. The molecule has 1 aromatic heterocycles. The molecule has 8 heteroatoms. The highest BCUT2D eigenvalue weighted by molar-refractivity contribution is 5.97. The Morgan fingerprint density at radius 1 is 0.897 bits per heavy atom. The second-order valence-corrected chi connectivity index (χ2v) is 9.94. The molecule has 1 N–H and O–H groups in total. The fourth-order valence-electron chi connectivity index (χ4n) is 3.82. The Labute approximate surface area is 227 Å². The number of anilines is 2. The van der Waals surface area contributed by atoms with Crippen LogP contribution >= 0.6 is 0 Å². The molecule has 0 unspecified atom stereocenters. The van der Waals surface area contributed by atoms with E-state index in [-0.39, 0.29) is 31.3 Å². The smallest absolute Gasteiger partial charge is 0.414 e. The molecule has 200 valence electrons. The van der Waals surface area contributed by atoms with Gasteiger partial charge in [-0.25, -0.2) is 4.79 Å². The summed E-state index contributed by atoms with van der Waals surface area (Å²) in [7, 11) is 0. The van der Waals surface area contributed by atoms with Crippen LogP contribution in [0.25, 0.3) is 10.8 Å². The van der Waals surface area contributed by atoms with E-state index >= 15 is 0 Å². The van der Waals surface area contributed by atoms with Crippen LogP contribution in [0.1, 0.15) is 37.6 Å². The number of aromatic nitrogens is 1. The van der Waals surface area contributed by atoms with E-state index in [4.69, 9.17) is 9.47 Å². The van der Waals surface area contributed by atoms with Gasteiger partial charge in [0.15, 0.2) is 12.4 Å². The Morgan fingerprint density at radius 2 is 1.64 bits per heavy atom. The van der Waals surface area contributed by atoms with Crippen molar-refractivity contribution in [3.63, 3.8) is 0 Å². The van der Waals surface area contributed by atoms with E-state index in [0.29, 0.717) is 22.7 Å². The second-order valence-electron chi connectivity index (χ2n) is 9.94. The Balaban J connectivity index is 1.41. The Kier molecular flexibility index (Phi) is 8.56. The molecule has 0 atom stereocenters. The third-order valence-corrected chi connectivity index (χ3v) is 5.71. The lowest BCUT2D eigenvalue weighted by Crippen LogP contribution is -2.38. The van der Waals surface area contributed by atoms with E-state index in [1.165, 1.54) is 4.90 Å². The van der Waals surface area contributed by atoms with Crippen LogP contribution in [0.3, 0.4) is 0 Å². The monoisotopic (exact) mass is 525 g/mol. The van der Waals surface area contributed by atoms with Gasteiger partial charge >= 0.3 is 6.09 Å². The molecule has 2 amide bonds. The molecule has 0 saturated carbocycles. The van der Waals surface area contributed by atoms with E-state index in [1.807, 2.05) is 30.3 Å². The van der Waals surface area contributed by atoms with E-state index in [0.717, 1.165) is 10.8 Å². The number of Topliss-reactive ketones (excluding diaryl/α,β-unsaturated/α-hetero) is 1. The molecule has 0 aliphatic carbocycles. The normalized spacial score (nSPS) is 11.1. The summed E-state index contributed by atoms with van der Waals surface area (Å²) in [6.07, 6.45) is 2.94. The maximum absolute atomic E-state index is 13.0. The molecule has 4 aromatic rings. The van der Waals surface area contributed by atoms with Gasteiger partial charge in [0.2, 0.25) is 5.91 Å². The molecular weight excluding hydrogens is 494 g/mol. The standard InChI is InChI=1S/C31H31N3O5/c1-31(2,3)39-30(37)34(18-16-29(36)33-25-10-9-24-20-32-17-15-23(24)19-25)26-11-13-27(14-12-26)38-21-28(35)22-7-5-4-6-8-22/h4-15,17,19-20H,16,18,21H2,1-3H3,(H,33,36). The first kappa shape index (κ1) is 27.3. The molecule has 0 aliphatic heterocycles. The van der Waals surface area contributed by atoms with E-state index in [9.17, 15) is 14.4 Å². The predicted molar refractivity (Wildman–Crippen MR) is 151 cm³/mol. The van der Waals surface area contributed by atoms with Gasteiger partial charge in [0.1, 0.15) is 11.4 Å². The number of nitrogens with one attached hydrogen (secondary N) is 1. The average molecular weight is 526 g/mol. The number of pyridine rings is 1. The number of ketones is 1. The number of carbonyl (C=O) groups excluding carboxylic acids is 3. The van der Waals surface area contributed by atoms with Crippen molar-refractivity contribution in [2.75, 3.05) is 23.4 Å². The van der Waals surface area contributed by atoms with Gasteiger partial charge in [-0.3, -0.25) is 19.5 Å². The van der Waals surface area contributed by atoms with Crippen molar-refractivity contribution in [2.45, 2.75) is 32.8 Å². The Hall–Kier alpha value is -4.72. The number of fused-ring (bicyclic) bond motifs is 1. The maximum atomic E-state index is 13.0. The number of rotatable bonds is 9. The largest absolute Gasteiger partial charge is 0.485 e. The van der Waals surface area contributed by atoms with Crippen LogP contribution < -0.4 is 15.0 Å². The van der Waals surface area contributed by atoms with Crippen molar-refractivity contribution >= 4 is 39.9 Å². The first-order valence-electron chi connectivity index (χ1n) is 12.6. The summed E-state index contributed by atoms with van der Waals surface area (Å²) in [4.78, 5) is 43.6. The molecule has 39 heavy (non-hydrogen) atoms. The van der Waals surface area contributed by atoms with Gasteiger partial charge in [-0.15, -0.1) is 0 Å². The Morgan fingerprint density at radius 3 is 2.36 bits per heavy atom.